The minimum Gasteiger partial charge on any atom is -0.326 e. The Morgan fingerprint density at radius 1 is 1.20 bits per heavy atom. The zero-order valence-electron chi connectivity index (χ0n) is 13.6. The van der Waals surface area contributed by atoms with E-state index in [-0.39, 0.29) is 18.9 Å². The fraction of sp³-hybridized carbons (Fsp3) is 0.235. The third-order valence-electron chi connectivity index (χ3n) is 3.39. The Bertz CT molecular complexity index is 841. The van der Waals surface area contributed by atoms with Crippen molar-refractivity contribution in [3.05, 3.63) is 58.0 Å². The lowest BCUT2D eigenvalue weighted by Crippen LogP contribution is -2.31. The number of benzene rings is 2. The highest BCUT2D eigenvalue weighted by Crippen LogP contribution is 2.21. The zero-order chi connectivity index (χ0) is 18.4. The molecule has 8 heteroatoms. The molecule has 0 saturated carbocycles. The fourth-order valence-corrected chi connectivity index (χ4v) is 3.76. The normalized spacial score (nSPS) is 11.2. The molecule has 0 radical (unpaired) electrons. The van der Waals surface area contributed by atoms with Gasteiger partial charge in [-0.25, -0.2) is 8.42 Å². The zero-order valence-corrected chi connectivity index (χ0v) is 16.7. The molecule has 1 N–H and O–H groups in total. The van der Waals surface area contributed by atoms with Crippen LogP contribution in [0.5, 0.6) is 0 Å². The summed E-state index contributed by atoms with van der Waals surface area (Å²) < 4.78 is 26.2. The van der Waals surface area contributed by atoms with Gasteiger partial charge in [0.2, 0.25) is 15.9 Å². The fourth-order valence-electron chi connectivity index (χ4n) is 2.27. The van der Waals surface area contributed by atoms with Gasteiger partial charge in [-0.05, 0) is 48.9 Å². The van der Waals surface area contributed by atoms with Gasteiger partial charge in [0.25, 0.3) is 0 Å². The van der Waals surface area contributed by atoms with Crippen LogP contribution in [0.3, 0.4) is 0 Å². The summed E-state index contributed by atoms with van der Waals surface area (Å²) in [6, 6.07) is 13.8. The number of nitrogens with one attached hydrogen (secondary N) is 1. The van der Waals surface area contributed by atoms with Gasteiger partial charge in [0.05, 0.1) is 11.9 Å². The van der Waals surface area contributed by atoms with Crippen molar-refractivity contribution in [1.82, 2.24) is 0 Å². The summed E-state index contributed by atoms with van der Waals surface area (Å²) in [5, 5.41) is 3.32. The van der Waals surface area contributed by atoms with Crippen molar-refractivity contribution >= 4 is 54.8 Å². The molecule has 0 aliphatic heterocycles. The molecule has 5 nitrogen and oxygen atoms in total. The van der Waals surface area contributed by atoms with E-state index in [1.54, 1.807) is 36.4 Å². The number of hydrogen-bond donors (Lipinski definition) is 1. The molecule has 0 spiro atoms. The Balaban J connectivity index is 1.95. The van der Waals surface area contributed by atoms with E-state index in [9.17, 15) is 13.2 Å². The van der Waals surface area contributed by atoms with Gasteiger partial charge < -0.3 is 5.32 Å². The molecule has 0 fully saturated rings. The van der Waals surface area contributed by atoms with Crippen molar-refractivity contribution in [3.8, 4) is 0 Å². The average Bonchev–Trinajstić information content (AvgIpc) is 2.51. The molecule has 0 unspecified atom stereocenters. The second-order valence-electron chi connectivity index (χ2n) is 5.47. The number of amides is 1. The van der Waals surface area contributed by atoms with E-state index in [0.29, 0.717) is 22.8 Å². The van der Waals surface area contributed by atoms with Crippen molar-refractivity contribution in [2.24, 2.45) is 0 Å². The SMILES string of the molecule is CS(=O)(=O)N(CCCC(=O)Nc1cccc(Br)c1)c1ccc(Cl)cc1. The Kier molecular flexibility index (Phi) is 6.87. The predicted octanol–water partition coefficient (Wildman–Crippen LogP) is 4.29. The molecule has 2 aromatic rings. The van der Waals surface area contributed by atoms with Crippen LogP contribution in [0.15, 0.2) is 53.0 Å². The van der Waals surface area contributed by atoms with E-state index < -0.39 is 10.0 Å². The van der Waals surface area contributed by atoms with Gasteiger partial charge in [0.15, 0.2) is 0 Å². The molecule has 0 saturated heterocycles. The molecule has 0 heterocycles. The Morgan fingerprint density at radius 2 is 1.88 bits per heavy atom. The molecule has 0 atom stereocenters. The van der Waals surface area contributed by atoms with E-state index >= 15 is 0 Å². The molecule has 1 amide bonds. The summed E-state index contributed by atoms with van der Waals surface area (Å²) in [6.07, 6.45) is 1.75. The maximum Gasteiger partial charge on any atom is 0.232 e. The first-order valence-electron chi connectivity index (χ1n) is 7.54. The largest absolute Gasteiger partial charge is 0.326 e. The quantitative estimate of drug-likeness (QED) is 0.691. The van der Waals surface area contributed by atoms with Gasteiger partial charge >= 0.3 is 0 Å². The minimum absolute atomic E-state index is 0.164. The molecule has 134 valence electrons. The highest BCUT2D eigenvalue weighted by Gasteiger charge is 2.17. The van der Waals surface area contributed by atoms with E-state index in [1.165, 1.54) is 4.31 Å². The number of anilines is 2. The number of carbonyl (C=O) groups is 1. The summed E-state index contributed by atoms with van der Waals surface area (Å²) in [6.45, 7) is 0.215. The van der Waals surface area contributed by atoms with Crippen LogP contribution in [0, 0.1) is 0 Å². The first-order chi connectivity index (χ1) is 11.8. The Hall–Kier alpha value is -1.57. The van der Waals surface area contributed by atoms with E-state index in [0.717, 1.165) is 10.7 Å². The van der Waals surface area contributed by atoms with Crippen molar-refractivity contribution in [1.29, 1.82) is 0 Å². The van der Waals surface area contributed by atoms with Crippen LogP contribution < -0.4 is 9.62 Å². The predicted molar refractivity (Wildman–Crippen MR) is 106 cm³/mol. The summed E-state index contributed by atoms with van der Waals surface area (Å²) in [7, 11) is -3.44. The van der Waals surface area contributed by atoms with Crippen LogP contribution in [0.2, 0.25) is 5.02 Å². The highest BCUT2D eigenvalue weighted by molar-refractivity contribution is 9.10. The lowest BCUT2D eigenvalue weighted by molar-refractivity contribution is -0.116. The number of rotatable bonds is 7. The molecule has 0 bridgehead atoms. The third-order valence-corrected chi connectivity index (χ3v) is 5.33. The van der Waals surface area contributed by atoms with Crippen molar-refractivity contribution in [2.75, 3.05) is 22.4 Å². The molecule has 2 aromatic carbocycles. The lowest BCUT2D eigenvalue weighted by atomic mass is 10.2. The topological polar surface area (TPSA) is 66.5 Å². The molecule has 2 rings (SSSR count). The van der Waals surface area contributed by atoms with Crippen LogP contribution in [0.4, 0.5) is 11.4 Å². The van der Waals surface area contributed by atoms with Crippen molar-refractivity contribution < 1.29 is 13.2 Å². The highest BCUT2D eigenvalue weighted by atomic mass is 79.9. The molecular weight excluding hydrogens is 428 g/mol. The third kappa shape index (κ3) is 6.34. The Morgan fingerprint density at radius 3 is 2.48 bits per heavy atom. The number of sulfonamides is 1. The number of carbonyl (C=O) groups excluding carboxylic acids is 1. The smallest absolute Gasteiger partial charge is 0.232 e. The van der Waals surface area contributed by atoms with Crippen molar-refractivity contribution in [3.63, 3.8) is 0 Å². The van der Waals surface area contributed by atoms with E-state index in [1.807, 2.05) is 12.1 Å². The minimum atomic E-state index is -3.44. The second kappa shape index (κ2) is 8.69. The van der Waals surface area contributed by atoms with Gasteiger partial charge in [-0.15, -0.1) is 0 Å². The first-order valence-corrected chi connectivity index (χ1v) is 10.6. The van der Waals surface area contributed by atoms with Crippen LogP contribution in [-0.2, 0) is 14.8 Å². The summed E-state index contributed by atoms with van der Waals surface area (Å²) in [4.78, 5) is 12.0. The van der Waals surface area contributed by atoms with Crippen LogP contribution in [0.25, 0.3) is 0 Å². The van der Waals surface area contributed by atoms with Crippen LogP contribution in [0.1, 0.15) is 12.8 Å². The first kappa shape index (κ1) is 19.8. The summed E-state index contributed by atoms with van der Waals surface area (Å²) >= 11 is 9.18. The maximum absolute atomic E-state index is 12.0. The van der Waals surface area contributed by atoms with Gasteiger partial charge in [-0.1, -0.05) is 33.6 Å². The van der Waals surface area contributed by atoms with Gasteiger partial charge in [-0.3, -0.25) is 9.10 Å². The molecule has 0 aliphatic rings. The van der Waals surface area contributed by atoms with E-state index in [4.69, 9.17) is 11.6 Å². The van der Waals surface area contributed by atoms with Gasteiger partial charge in [0.1, 0.15) is 0 Å². The van der Waals surface area contributed by atoms with Crippen LogP contribution >= 0.6 is 27.5 Å². The summed E-state index contributed by atoms with van der Waals surface area (Å²) in [5.41, 5.74) is 1.22. The molecule has 25 heavy (non-hydrogen) atoms. The molecule has 0 aromatic heterocycles. The average molecular weight is 446 g/mol. The monoisotopic (exact) mass is 444 g/mol. The van der Waals surface area contributed by atoms with Crippen LogP contribution in [-0.4, -0.2) is 27.1 Å². The number of hydrogen-bond acceptors (Lipinski definition) is 3. The molecular formula is C17H18BrClN2O3S. The second-order valence-corrected chi connectivity index (χ2v) is 8.73. The van der Waals surface area contributed by atoms with Gasteiger partial charge in [0, 0.05) is 28.1 Å². The Labute approximate surface area is 161 Å². The number of nitrogens with zero attached hydrogens (tertiary/aromatic N) is 1. The number of halogens is 2. The maximum atomic E-state index is 12.0. The van der Waals surface area contributed by atoms with E-state index in [2.05, 4.69) is 21.2 Å². The summed E-state index contributed by atoms with van der Waals surface area (Å²) in [5.74, 6) is -0.164. The standard InChI is InChI=1S/C17H18BrClN2O3S/c1-25(23,24)21(16-9-7-14(19)8-10-16)11-3-6-17(22)20-15-5-2-4-13(18)12-15/h2,4-5,7-10,12H,3,6,11H2,1H3,(H,20,22). The molecule has 0 aliphatic carbocycles. The lowest BCUT2D eigenvalue weighted by Gasteiger charge is -2.22. The van der Waals surface area contributed by atoms with Crippen molar-refractivity contribution in [2.45, 2.75) is 12.8 Å². The van der Waals surface area contributed by atoms with Gasteiger partial charge in [-0.2, -0.15) is 0 Å².